The first-order chi connectivity index (χ1) is 15.2. The van der Waals surface area contributed by atoms with Gasteiger partial charge in [-0.3, -0.25) is 14.3 Å². The lowest BCUT2D eigenvalue weighted by Gasteiger charge is -2.23. The highest BCUT2D eigenvalue weighted by Crippen LogP contribution is 2.33. The summed E-state index contributed by atoms with van der Waals surface area (Å²) in [7, 11) is 0. The summed E-state index contributed by atoms with van der Waals surface area (Å²) in [5.74, 6) is -0.200. The van der Waals surface area contributed by atoms with Crippen LogP contribution in [-0.4, -0.2) is 27.1 Å². The lowest BCUT2D eigenvalue weighted by atomic mass is 9.93. The minimum atomic E-state index is -0.200. The highest BCUT2D eigenvalue weighted by Gasteiger charge is 2.25. The van der Waals surface area contributed by atoms with E-state index < -0.39 is 0 Å². The van der Waals surface area contributed by atoms with Crippen LogP contribution in [-0.2, 0) is 25.8 Å². The molecule has 0 saturated heterocycles. The van der Waals surface area contributed by atoms with Crippen LogP contribution in [0.25, 0.3) is 10.2 Å². The predicted octanol–water partition coefficient (Wildman–Crippen LogP) is 3.73. The van der Waals surface area contributed by atoms with Crippen molar-refractivity contribution in [2.45, 2.75) is 38.3 Å². The summed E-state index contributed by atoms with van der Waals surface area (Å²) < 4.78 is 14.7. The number of halogens is 1. The number of fused-ring (bicyclic) bond motifs is 3. The first-order valence-corrected chi connectivity index (χ1v) is 11.4. The van der Waals surface area contributed by atoms with Crippen molar-refractivity contribution in [3.8, 4) is 0 Å². The maximum absolute atomic E-state index is 13.2. The van der Waals surface area contributed by atoms with E-state index in [1.807, 2.05) is 30.3 Å². The molecule has 0 amide bonds. The van der Waals surface area contributed by atoms with E-state index in [-0.39, 0.29) is 11.4 Å². The fraction of sp³-hybridized carbons (Fsp3) is 0.292. The zero-order valence-corrected chi connectivity index (χ0v) is 17.9. The number of hydrogen-bond acceptors (Lipinski definition) is 5. The summed E-state index contributed by atoms with van der Waals surface area (Å²) in [5.41, 5.74) is 3.17. The number of rotatable bonds is 6. The first-order valence-electron chi connectivity index (χ1n) is 10.5. The Labute approximate surface area is 183 Å². The second-order valence-corrected chi connectivity index (χ2v) is 9.04. The van der Waals surface area contributed by atoms with Crippen LogP contribution in [0, 0.1) is 5.82 Å². The largest absolute Gasteiger partial charge is 0.313 e. The highest BCUT2D eigenvalue weighted by atomic mass is 32.1. The molecule has 5 rings (SSSR count). The summed E-state index contributed by atoms with van der Waals surface area (Å²) in [5, 5.41) is 4.41. The Balaban J connectivity index is 1.29. The molecule has 1 aliphatic carbocycles. The Morgan fingerprint density at radius 1 is 1.16 bits per heavy atom. The quantitative estimate of drug-likeness (QED) is 0.502. The van der Waals surface area contributed by atoms with Gasteiger partial charge in [-0.2, -0.15) is 0 Å². The molecule has 3 aromatic heterocycles. The number of aryl methyl sites for hydroxylation is 1. The lowest BCUT2D eigenvalue weighted by Crippen LogP contribution is -2.35. The van der Waals surface area contributed by atoms with E-state index in [9.17, 15) is 9.18 Å². The molecule has 0 aliphatic heterocycles. The fourth-order valence-corrected chi connectivity index (χ4v) is 5.48. The zero-order valence-electron chi connectivity index (χ0n) is 17.1. The number of hydrogen-bond donors (Lipinski definition) is 1. The molecule has 0 radical (unpaired) electrons. The molecule has 1 aliphatic rings. The molecule has 5 nitrogen and oxygen atoms in total. The van der Waals surface area contributed by atoms with Crippen molar-refractivity contribution in [1.82, 2.24) is 19.9 Å². The summed E-state index contributed by atoms with van der Waals surface area (Å²) >= 11 is 1.64. The Bertz CT molecular complexity index is 1250. The smallest absolute Gasteiger partial charge is 0.262 e. The maximum Gasteiger partial charge on any atom is 0.262 e. The van der Waals surface area contributed by atoms with Gasteiger partial charge in [0.1, 0.15) is 10.6 Å². The Morgan fingerprint density at radius 2 is 2.03 bits per heavy atom. The van der Waals surface area contributed by atoms with Crippen molar-refractivity contribution < 1.29 is 4.39 Å². The second-order valence-electron chi connectivity index (χ2n) is 7.95. The number of pyridine rings is 1. The van der Waals surface area contributed by atoms with Crippen LogP contribution in [0.4, 0.5) is 4.39 Å². The second kappa shape index (κ2) is 8.69. The van der Waals surface area contributed by atoms with Gasteiger partial charge in [-0.15, -0.1) is 11.3 Å². The molecule has 1 aromatic carbocycles. The van der Waals surface area contributed by atoms with Gasteiger partial charge in [0.25, 0.3) is 5.56 Å². The van der Waals surface area contributed by atoms with E-state index >= 15 is 0 Å². The third-order valence-corrected chi connectivity index (χ3v) is 7.02. The fourth-order valence-electron chi connectivity index (χ4n) is 4.23. The maximum atomic E-state index is 13.2. The van der Waals surface area contributed by atoms with Crippen molar-refractivity contribution in [3.63, 3.8) is 0 Å². The average molecular weight is 435 g/mol. The average Bonchev–Trinajstić information content (AvgIpc) is 3.16. The van der Waals surface area contributed by atoms with Crippen molar-refractivity contribution in [3.05, 3.63) is 92.9 Å². The van der Waals surface area contributed by atoms with Gasteiger partial charge in [-0.25, -0.2) is 9.37 Å². The van der Waals surface area contributed by atoms with Gasteiger partial charge in [-0.1, -0.05) is 18.2 Å². The molecule has 0 spiro atoms. The number of nitrogens with one attached hydrogen (secondary N) is 1. The minimum absolute atomic E-state index is 0.0240. The Kier molecular flexibility index (Phi) is 5.61. The van der Waals surface area contributed by atoms with Crippen LogP contribution in [0.1, 0.15) is 28.1 Å². The molecule has 31 heavy (non-hydrogen) atoms. The van der Waals surface area contributed by atoms with E-state index in [4.69, 9.17) is 0 Å². The van der Waals surface area contributed by atoms with Crippen molar-refractivity contribution in [2.75, 3.05) is 6.54 Å². The van der Waals surface area contributed by atoms with Crippen LogP contribution in [0.5, 0.6) is 0 Å². The summed E-state index contributed by atoms with van der Waals surface area (Å²) in [6.07, 6.45) is 7.04. The molecule has 4 aromatic rings. The van der Waals surface area contributed by atoms with Gasteiger partial charge in [0.05, 0.1) is 24.0 Å². The number of aromatic nitrogens is 3. The van der Waals surface area contributed by atoms with Crippen LogP contribution in [0.3, 0.4) is 0 Å². The molecule has 0 fully saturated rings. The third-order valence-electron chi connectivity index (χ3n) is 5.85. The summed E-state index contributed by atoms with van der Waals surface area (Å²) in [6, 6.07) is 12.8. The first kappa shape index (κ1) is 20.0. The van der Waals surface area contributed by atoms with Gasteiger partial charge in [0.2, 0.25) is 0 Å². The van der Waals surface area contributed by atoms with Gasteiger partial charge in [0.15, 0.2) is 0 Å². The molecule has 1 atom stereocenters. The molecule has 158 valence electrons. The predicted molar refractivity (Wildman–Crippen MR) is 121 cm³/mol. The van der Waals surface area contributed by atoms with E-state index in [2.05, 4.69) is 15.3 Å². The minimum Gasteiger partial charge on any atom is -0.313 e. The lowest BCUT2D eigenvalue weighted by molar-refractivity contribution is 0.466. The van der Waals surface area contributed by atoms with E-state index in [0.29, 0.717) is 12.6 Å². The molecule has 1 N–H and O–H groups in total. The van der Waals surface area contributed by atoms with Crippen LogP contribution < -0.4 is 10.9 Å². The van der Waals surface area contributed by atoms with E-state index in [0.717, 1.165) is 53.7 Å². The monoisotopic (exact) mass is 434 g/mol. The topological polar surface area (TPSA) is 59.8 Å². The standard InChI is InChI=1S/C24H23FN4OS/c25-17-6-4-16(5-7-17)10-12-27-18-8-9-20-21(13-18)31-23-22(20)24(30)29(15-28-23)14-19-3-1-2-11-26-19/h1-7,11,15,18,27H,8-10,12-14H2. The Morgan fingerprint density at radius 3 is 2.84 bits per heavy atom. The molecule has 3 heterocycles. The van der Waals surface area contributed by atoms with Gasteiger partial charge in [0, 0.05) is 17.1 Å². The molecule has 7 heteroatoms. The number of benzene rings is 1. The van der Waals surface area contributed by atoms with E-state index in [1.165, 1.54) is 22.6 Å². The van der Waals surface area contributed by atoms with Crippen molar-refractivity contribution in [2.24, 2.45) is 0 Å². The molecule has 0 bridgehead atoms. The van der Waals surface area contributed by atoms with Crippen LogP contribution in [0.2, 0.25) is 0 Å². The molecular weight excluding hydrogens is 411 g/mol. The van der Waals surface area contributed by atoms with E-state index in [1.54, 1.807) is 28.4 Å². The normalized spacial score (nSPS) is 15.8. The molecular formula is C24H23FN4OS. The summed E-state index contributed by atoms with van der Waals surface area (Å²) in [6.45, 7) is 1.28. The molecule has 0 saturated carbocycles. The van der Waals surface area contributed by atoms with Crippen LogP contribution >= 0.6 is 11.3 Å². The zero-order chi connectivity index (χ0) is 21.2. The van der Waals surface area contributed by atoms with Crippen molar-refractivity contribution >= 4 is 21.6 Å². The number of nitrogens with zero attached hydrogens (tertiary/aromatic N) is 3. The summed E-state index contributed by atoms with van der Waals surface area (Å²) in [4.78, 5) is 24.2. The Hall–Kier alpha value is -2.90. The van der Waals surface area contributed by atoms with Crippen molar-refractivity contribution in [1.29, 1.82) is 0 Å². The van der Waals surface area contributed by atoms with Gasteiger partial charge in [-0.05, 0) is 67.6 Å². The van der Waals surface area contributed by atoms with Gasteiger partial charge < -0.3 is 5.32 Å². The third kappa shape index (κ3) is 4.29. The highest BCUT2D eigenvalue weighted by molar-refractivity contribution is 7.18. The van der Waals surface area contributed by atoms with Gasteiger partial charge >= 0.3 is 0 Å². The number of thiophene rings is 1. The van der Waals surface area contributed by atoms with Crippen LogP contribution in [0.15, 0.2) is 59.8 Å². The SMILES string of the molecule is O=c1c2c3c(sc2ncn1Cc1ccccn1)CC(NCCc1ccc(F)cc1)CC3. The molecule has 1 unspecified atom stereocenters.